The molecule has 0 aliphatic heterocycles. The summed E-state index contributed by atoms with van der Waals surface area (Å²) in [6, 6.07) is 8.04. The number of allylic oxidation sites excluding steroid dienone is 5. The monoisotopic (exact) mass is 814 g/mol. The Balaban J connectivity index is 1.13. The van der Waals surface area contributed by atoms with Gasteiger partial charge in [0.1, 0.15) is 0 Å². The number of carbonyl (C=O) groups is 3. The summed E-state index contributed by atoms with van der Waals surface area (Å²) in [5, 5.41) is 13.8. The van der Waals surface area contributed by atoms with Crippen molar-refractivity contribution in [2.45, 2.75) is 126 Å². The van der Waals surface area contributed by atoms with E-state index >= 15 is 0 Å². The highest BCUT2D eigenvalue weighted by Crippen LogP contribution is 2.76. The van der Waals surface area contributed by atoms with Gasteiger partial charge in [0.15, 0.2) is 5.78 Å². The fourth-order valence-corrected chi connectivity index (χ4v) is 14.4. The third-order valence-electron chi connectivity index (χ3n) is 17.4. The van der Waals surface area contributed by atoms with Crippen LogP contribution in [-0.4, -0.2) is 72.8 Å². The Bertz CT molecular complexity index is 1880. The number of nitrogens with zero attached hydrogens (tertiary/aromatic N) is 2. The fraction of sp³-hybridized carbons (Fsp3) is 0.700. The zero-order valence-electron chi connectivity index (χ0n) is 37.1. The van der Waals surface area contributed by atoms with Gasteiger partial charge in [-0.05, 0) is 164 Å². The molecule has 7 nitrogen and oxygen atoms in total. The summed E-state index contributed by atoms with van der Waals surface area (Å²) >= 11 is 6.19. The van der Waals surface area contributed by atoms with Gasteiger partial charge in [0.2, 0.25) is 5.91 Å². The molecular formula is C50H72ClN3O4. The van der Waals surface area contributed by atoms with Crippen LogP contribution in [-0.2, 0) is 20.9 Å². The molecule has 2 N–H and O–H groups in total. The van der Waals surface area contributed by atoms with E-state index in [1.807, 2.05) is 12.1 Å². The first-order valence-electron chi connectivity index (χ1n) is 22.6. The number of carboxylic acid groups (broad SMARTS) is 1. The molecule has 8 atom stereocenters. The molecule has 0 aromatic heterocycles. The van der Waals surface area contributed by atoms with Crippen molar-refractivity contribution in [3.05, 3.63) is 69.3 Å². The third-order valence-corrected chi connectivity index (χ3v) is 17.7. The van der Waals surface area contributed by atoms with Gasteiger partial charge in [0.25, 0.3) is 0 Å². The van der Waals surface area contributed by atoms with Crippen LogP contribution in [0.2, 0.25) is 5.02 Å². The zero-order chi connectivity index (χ0) is 42.0. The van der Waals surface area contributed by atoms with E-state index in [9.17, 15) is 19.5 Å². The highest BCUT2D eigenvalue weighted by molar-refractivity contribution is 6.30. The van der Waals surface area contributed by atoms with Crippen LogP contribution in [0.25, 0.3) is 0 Å². The average molecular weight is 815 g/mol. The molecule has 318 valence electrons. The third kappa shape index (κ3) is 7.19. The summed E-state index contributed by atoms with van der Waals surface area (Å²) in [4.78, 5) is 45.4. The van der Waals surface area contributed by atoms with Gasteiger partial charge in [0.05, 0.1) is 11.3 Å². The molecule has 1 aromatic rings. The number of carboxylic acids is 1. The van der Waals surface area contributed by atoms with Crippen LogP contribution in [0.4, 0.5) is 0 Å². The number of ketones is 1. The lowest BCUT2D eigenvalue weighted by molar-refractivity contribution is -0.199. The van der Waals surface area contributed by atoms with Crippen LogP contribution >= 0.6 is 11.6 Å². The molecule has 6 aliphatic rings. The van der Waals surface area contributed by atoms with E-state index < -0.39 is 11.4 Å². The van der Waals surface area contributed by atoms with Crippen LogP contribution in [0.5, 0.6) is 0 Å². The molecule has 4 unspecified atom stereocenters. The number of rotatable bonds is 12. The number of aliphatic carboxylic acids is 1. The van der Waals surface area contributed by atoms with Gasteiger partial charge in [0, 0.05) is 44.2 Å². The second kappa shape index (κ2) is 15.9. The van der Waals surface area contributed by atoms with E-state index in [1.54, 1.807) is 0 Å². The largest absolute Gasteiger partial charge is 0.481 e. The van der Waals surface area contributed by atoms with Crippen LogP contribution in [0.1, 0.15) is 125 Å². The first-order chi connectivity index (χ1) is 27.3. The Labute approximate surface area is 354 Å². The number of amides is 1. The molecule has 0 spiro atoms. The van der Waals surface area contributed by atoms with Gasteiger partial charge >= 0.3 is 5.97 Å². The minimum atomic E-state index is -0.756. The van der Waals surface area contributed by atoms with Crippen molar-refractivity contribution in [1.29, 1.82) is 0 Å². The molecule has 3 saturated carbocycles. The molecule has 3 fully saturated rings. The van der Waals surface area contributed by atoms with Crippen molar-refractivity contribution in [2.24, 2.45) is 56.7 Å². The lowest BCUT2D eigenvalue weighted by Gasteiger charge is -2.71. The molecule has 6 aliphatic carbocycles. The van der Waals surface area contributed by atoms with Gasteiger partial charge in [-0.2, -0.15) is 0 Å². The topological polar surface area (TPSA) is 89.9 Å². The van der Waals surface area contributed by atoms with E-state index in [-0.39, 0.29) is 51.1 Å². The highest BCUT2D eigenvalue weighted by atomic mass is 35.5. The number of Topliss-reactive ketones (excluding diaryl/α,β-unsaturated/α-hetero) is 1. The Morgan fingerprint density at radius 3 is 2.26 bits per heavy atom. The predicted molar refractivity (Wildman–Crippen MR) is 234 cm³/mol. The lowest BCUT2D eigenvalue weighted by atomic mass is 9.33. The predicted octanol–water partition coefficient (Wildman–Crippen LogP) is 10.1. The van der Waals surface area contributed by atoms with Gasteiger partial charge in [-0.25, -0.2) is 0 Å². The number of hydrogen-bond donors (Lipinski definition) is 2. The molecular weight excluding hydrogens is 742 g/mol. The number of nitrogens with one attached hydrogen (secondary N) is 1. The number of likely N-dealkylation sites (N-methyl/N-ethyl adjacent to an activating group) is 1. The fourth-order valence-electron chi connectivity index (χ4n) is 14.3. The van der Waals surface area contributed by atoms with Crippen LogP contribution in [0, 0.1) is 56.7 Å². The number of carbonyl (C=O) groups excluding carboxylic acids is 2. The summed E-state index contributed by atoms with van der Waals surface area (Å²) in [6.07, 6.45) is 14.6. The summed E-state index contributed by atoms with van der Waals surface area (Å²) in [5.74, 6) is 0.721. The van der Waals surface area contributed by atoms with E-state index in [2.05, 4.69) is 102 Å². The van der Waals surface area contributed by atoms with E-state index in [1.165, 1.54) is 28.7 Å². The number of hydrogen-bond acceptors (Lipinski definition) is 5. The van der Waals surface area contributed by atoms with Gasteiger partial charge < -0.3 is 15.3 Å². The second-order valence-electron chi connectivity index (χ2n) is 21.3. The van der Waals surface area contributed by atoms with Crippen molar-refractivity contribution >= 4 is 29.3 Å². The number of halogens is 1. The van der Waals surface area contributed by atoms with Crippen LogP contribution < -0.4 is 5.32 Å². The average Bonchev–Trinajstić information content (AvgIpc) is 3.48. The quantitative estimate of drug-likeness (QED) is 0.219. The Hall–Kier alpha value is -2.74. The number of fused-ring (bicyclic) bond motifs is 7. The smallest absolute Gasteiger partial charge is 0.306 e. The zero-order valence-corrected chi connectivity index (χ0v) is 37.9. The summed E-state index contributed by atoms with van der Waals surface area (Å²) < 4.78 is 0. The standard InChI is InChI=1S/C50H72ClN3O4/c1-32(2)42-39(55)30-50(45(58)52-26-27-54(29-28-53(8)9)31-33-10-16-36(51)17-11-33)25-24-48(6)38(43(42)50)18-19-41-47(5)22-20-37(34-12-14-35(15-13-34)44(56)57)46(3,4)40(47)21-23-49(41,48)7/h10-12,16-17,20,32,35,38,40-41H,13-15,18-19,21-31H2,1-9H3,(H,52,58)(H,56,57)/t35-,38?,40?,41?,47-,48+,49?,50+/m0/s1. The molecule has 58 heavy (non-hydrogen) atoms. The minimum Gasteiger partial charge on any atom is -0.481 e. The molecule has 0 radical (unpaired) electrons. The van der Waals surface area contributed by atoms with E-state index in [0.717, 1.165) is 88.1 Å². The maximum atomic E-state index is 14.8. The molecule has 1 amide bonds. The molecule has 0 saturated heterocycles. The minimum absolute atomic E-state index is 0.00978. The van der Waals surface area contributed by atoms with Crippen molar-refractivity contribution < 1.29 is 19.5 Å². The van der Waals surface area contributed by atoms with Crippen molar-refractivity contribution in [1.82, 2.24) is 15.1 Å². The molecule has 0 bridgehead atoms. The summed E-state index contributed by atoms with van der Waals surface area (Å²) in [5.41, 5.74) is 5.70. The Kier molecular flexibility index (Phi) is 11.9. The van der Waals surface area contributed by atoms with Gasteiger partial charge in [-0.3, -0.25) is 19.3 Å². The Morgan fingerprint density at radius 2 is 1.62 bits per heavy atom. The SMILES string of the molecule is CC(C)C1=C2C3CCC4C(C)(CCC5C(C)(C)C(C6=CC[C@H](C(=O)O)CC6)=CC[C@@]54C)[C@]3(C)CC[C@@]2(C(=O)NCCN(CCN(C)C)Cc2ccc(Cl)cc2)CC1=O. The van der Waals surface area contributed by atoms with Crippen LogP contribution in [0.15, 0.2) is 58.7 Å². The van der Waals surface area contributed by atoms with Crippen molar-refractivity contribution in [2.75, 3.05) is 40.3 Å². The Morgan fingerprint density at radius 1 is 0.897 bits per heavy atom. The lowest BCUT2D eigenvalue weighted by Crippen LogP contribution is -2.64. The van der Waals surface area contributed by atoms with Crippen LogP contribution in [0.3, 0.4) is 0 Å². The van der Waals surface area contributed by atoms with Crippen molar-refractivity contribution in [3.8, 4) is 0 Å². The normalized spacial score (nSPS) is 35.6. The van der Waals surface area contributed by atoms with E-state index in [0.29, 0.717) is 31.2 Å². The second-order valence-corrected chi connectivity index (χ2v) is 21.8. The summed E-state index contributed by atoms with van der Waals surface area (Å²) in [6.45, 7) is 20.9. The molecule has 7 rings (SSSR count). The van der Waals surface area contributed by atoms with Crippen molar-refractivity contribution in [3.63, 3.8) is 0 Å². The first-order valence-corrected chi connectivity index (χ1v) is 23.0. The molecule has 1 aromatic carbocycles. The van der Waals surface area contributed by atoms with Gasteiger partial charge in [-0.1, -0.05) is 84.4 Å². The molecule has 0 heterocycles. The number of benzene rings is 1. The summed E-state index contributed by atoms with van der Waals surface area (Å²) in [7, 11) is 4.18. The highest BCUT2D eigenvalue weighted by Gasteiger charge is 2.70. The van der Waals surface area contributed by atoms with Gasteiger partial charge in [-0.15, -0.1) is 0 Å². The first kappa shape index (κ1) is 43.4. The maximum Gasteiger partial charge on any atom is 0.306 e. The molecule has 8 heteroatoms. The van der Waals surface area contributed by atoms with E-state index in [4.69, 9.17) is 11.6 Å². The maximum absolute atomic E-state index is 14.8.